The Kier molecular flexibility index (Phi) is 17.9. The van der Waals surface area contributed by atoms with Crippen molar-refractivity contribution < 1.29 is 42.3 Å². The third kappa shape index (κ3) is 12.6. The van der Waals surface area contributed by atoms with Gasteiger partial charge in [-0.2, -0.15) is 0 Å². The molecule has 1 aromatic carbocycles. The van der Waals surface area contributed by atoms with Crippen LogP contribution < -0.4 is 33.9 Å². The van der Waals surface area contributed by atoms with Crippen LogP contribution in [-0.2, 0) is 14.0 Å². The Bertz CT molecular complexity index is 930. The van der Waals surface area contributed by atoms with Crippen molar-refractivity contribution in [3.8, 4) is 22.6 Å². The second-order valence-corrected chi connectivity index (χ2v) is 11.1. The molecule has 1 aromatic heterocycles. The summed E-state index contributed by atoms with van der Waals surface area (Å²) in [6, 6.07) is 10.1. The number of ether oxygens (including phenoxy) is 2. The molecule has 0 saturated heterocycles. The molecule has 6 nitrogen and oxygen atoms in total. The standard InChI is InChI=1S/C32H53BNO5.Li/c1-9-11-13-15-21-35-29-17-18-30(31(24-29)36-22-16-14-12-10-2)28-19-20-34-32(23-28)33(37-25(3)4,38-26(5)6)39-27(7)8;/h17-20,23-27H,9-16,21-22H2,1-8H3;/q-1;+1. The van der Waals surface area contributed by atoms with E-state index in [1.165, 1.54) is 32.1 Å². The predicted octanol–water partition coefficient (Wildman–Crippen LogP) is 5.09. The first-order chi connectivity index (χ1) is 18.7. The van der Waals surface area contributed by atoms with Crippen LogP contribution >= 0.6 is 0 Å². The monoisotopic (exact) mass is 549 g/mol. The maximum absolute atomic E-state index is 6.36. The van der Waals surface area contributed by atoms with Gasteiger partial charge in [-0.25, -0.2) is 0 Å². The van der Waals surface area contributed by atoms with Crippen molar-refractivity contribution in [2.24, 2.45) is 0 Å². The van der Waals surface area contributed by atoms with E-state index >= 15 is 0 Å². The van der Waals surface area contributed by atoms with Gasteiger partial charge >= 0.3 is 25.6 Å². The maximum Gasteiger partial charge on any atom is 1.00 e. The SMILES string of the molecule is CCCCCCOc1ccc(-c2ccnc([B-](OC(C)C)(OC(C)C)OC(C)C)c2)c(OCCCCCC)c1.[Li+]. The van der Waals surface area contributed by atoms with Crippen LogP contribution in [0.15, 0.2) is 36.5 Å². The number of unbranched alkanes of at least 4 members (excludes halogenated alkanes) is 6. The first-order valence-electron chi connectivity index (χ1n) is 15.2. The van der Waals surface area contributed by atoms with E-state index in [0.29, 0.717) is 18.8 Å². The molecule has 1 heterocycles. The van der Waals surface area contributed by atoms with Crippen LogP contribution in [0.25, 0.3) is 11.1 Å². The fourth-order valence-electron chi connectivity index (χ4n) is 4.57. The molecule has 2 rings (SSSR count). The summed E-state index contributed by atoms with van der Waals surface area (Å²) in [6.07, 6.45) is 10.8. The van der Waals surface area contributed by atoms with E-state index in [-0.39, 0.29) is 37.2 Å². The second kappa shape index (κ2) is 19.6. The van der Waals surface area contributed by atoms with Crippen molar-refractivity contribution in [1.29, 1.82) is 0 Å². The minimum Gasteiger partial charge on any atom is -0.538 e. The summed E-state index contributed by atoms with van der Waals surface area (Å²) in [5, 5.41) is 0. The molecule has 0 amide bonds. The zero-order valence-corrected chi connectivity index (χ0v) is 26.8. The van der Waals surface area contributed by atoms with Crippen LogP contribution in [0.2, 0.25) is 0 Å². The van der Waals surface area contributed by atoms with Gasteiger partial charge in [-0.05, 0) is 83.7 Å². The van der Waals surface area contributed by atoms with E-state index in [0.717, 1.165) is 41.9 Å². The third-order valence-corrected chi connectivity index (χ3v) is 6.28. The van der Waals surface area contributed by atoms with E-state index in [4.69, 9.17) is 28.4 Å². The molecule has 0 atom stereocenters. The van der Waals surface area contributed by atoms with E-state index < -0.39 is 6.75 Å². The number of aromatic nitrogens is 1. The molecule has 0 radical (unpaired) electrons. The molecule has 40 heavy (non-hydrogen) atoms. The first kappa shape index (κ1) is 36.5. The number of hydrogen-bond acceptors (Lipinski definition) is 6. The Balaban J connectivity index is 0.00000800. The van der Waals surface area contributed by atoms with Crippen molar-refractivity contribution in [3.05, 3.63) is 36.5 Å². The summed E-state index contributed by atoms with van der Waals surface area (Å²) in [5.41, 5.74) is 2.58. The van der Waals surface area contributed by atoms with Crippen molar-refractivity contribution in [2.45, 2.75) is 125 Å². The molecule has 0 bridgehead atoms. The Morgan fingerprint density at radius 1 is 0.675 bits per heavy atom. The van der Waals surface area contributed by atoms with Crippen LogP contribution in [0.4, 0.5) is 0 Å². The van der Waals surface area contributed by atoms with Gasteiger partial charge in [0.05, 0.1) is 13.2 Å². The minimum absolute atomic E-state index is 0. The summed E-state index contributed by atoms with van der Waals surface area (Å²) in [4.78, 5) is 4.69. The molecule has 0 saturated carbocycles. The molecule has 0 N–H and O–H groups in total. The predicted molar refractivity (Wildman–Crippen MR) is 163 cm³/mol. The largest absolute Gasteiger partial charge is 1.00 e. The first-order valence-corrected chi connectivity index (χ1v) is 15.2. The number of hydrogen-bond donors (Lipinski definition) is 0. The van der Waals surface area contributed by atoms with Crippen LogP contribution in [-0.4, -0.2) is 43.3 Å². The summed E-state index contributed by atoms with van der Waals surface area (Å²) in [7, 11) is 0. The average molecular weight is 550 g/mol. The fourth-order valence-corrected chi connectivity index (χ4v) is 4.57. The van der Waals surface area contributed by atoms with E-state index in [1.54, 1.807) is 6.20 Å². The maximum atomic E-state index is 6.36. The molecule has 0 fully saturated rings. The Labute approximate surface area is 256 Å². The second-order valence-electron chi connectivity index (χ2n) is 11.1. The Hall–Kier alpha value is -1.49. The number of nitrogens with zero attached hydrogens (tertiary/aromatic N) is 1. The van der Waals surface area contributed by atoms with Crippen molar-refractivity contribution in [3.63, 3.8) is 0 Å². The molecule has 220 valence electrons. The van der Waals surface area contributed by atoms with E-state index in [1.807, 2.05) is 65.8 Å². The van der Waals surface area contributed by atoms with Crippen molar-refractivity contribution in [2.75, 3.05) is 13.2 Å². The molecule has 0 unspecified atom stereocenters. The van der Waals surface area contributed by atoms with Gasteiger partial charge in [-0.3, -0.25) is 4.98 Å². The van der Waals surface area contributed by atoms with Crippen LogP contribution in [0.5, 0.6) is 11.5 Å². The van der Waals surface area contributed by atoms with Crippen LogP contribution in [0, 0.1) is 0 Å². The molecule has 0 aliphatic heterocycles. The van der Waals surface area contributed by atoms with E-state index in [9.17, 15) is 0 Å². The molecular weight excluding hydrogens is 496 g/mol. The molecule has 2 aromatic rings. The molecule has 0 aliphatic carbocycles. The molecule has 0 aliphatic rings. The minimum atomic E-state index is -2.27. The molecule has 8 heteroatoms. The summed E-state index contributed by atoms with van der Waals surface area (Å²) in [6.45, 7) is 15.5. The van der Waals surface area contributed by atoms with Gasteiger partial charge in [0.2, 0.25) is 0 Å². The third-order valence-electron chi connectivity index (χ3n) is 6.28. The van der Waals surface area contributed by atoms with Crippen molar-refractivity contribution >= 4 is 12.3 Å². The van der Waals surface area contributed by atoms with Gasteiger partial charge in [0, 0.05) is 36.1 Å². The van der Waals surface area contributed by atoms with Crippen LogP contribution in [0.1, 0.15) is 107 Å². The fraction of sp³-hybridized carbons (Fsp3) is 0.656. The normalized spacial score (nSPS) is 11.8. The molecular formula is C32H53BLiNO5. The van der Waals surface area contributed by atoms with Gasteiger partial charge < -0.3 is 23.4 Å². The van der Waals surface area contributed by atoms with Crippen molar-refractivity contribution in [1.82, 2.24) is 4.98 Å². The van der Waals surface area contributed by atoms with Gasteiger partial charge in [0.1, 0.15) is 11.5 Å². The van der Waals surface area contributed by atoms with E-state index in [2.05, 4.69) is 19.9 Å². The summed E-state index contributed by atoms with van der Waals surface area (Å²) < 4.78 is 31.5. The zero-order chi connectivity index (χ0) is 28.7. The van der Waals surface area contributed by atoms with Crippen LogP contribution in [0.3, 0.4) is 0 Å². The van der Waals surface area contributed by atoms with Gasteiger partial charge in [0.15, 0.2) is 0 Å². The summed E-state index contributed by atoms with van der Waals surface area (Å²) >= 11 is 0. The zero-order valence-electron chi connectivity index (χ0n) is 26.8. The smallest absolute Gasteiger partial charge is 0.538 e. The Morgan fingerprint density at radius 3 is 1.75 bits per heavy atom. The number of benzene rings is 1. The van der Waals surface area contributed by atoms with Gasteiger partial charge in [-0.15, -0.1) is 0 Å². The number of rotatable bonds is 20. The topological polar surface area (TPSA) is 59.0 Å². The summed E-state index contributed by atoms with van der Waals surface area (Å²) in [5.74, 6) is 1.65. The number of pyridine rings is 1. The Morgan fingerprint density at radius 2 is 1.23 bits per heavy atom. The quantitative estimate of drug-likeness (QED) is 0.169. The van der Waals surface area contributed by atoms with Gasteiger partial charge in [0.25, 0.3) is 0 Å². The van der Waals surface area contributed by atoms with Gasteiger partial charge in [-0.1, -0.05) is 58.4 Å². The molecule has 0 spiro atoms. The average Bonchev–Trinajstić information content (AvgIpc) is 2.87.